The quantitative estimate of drug-likeness (QED) is 0.768. The number of hydrogen-bond acceptors (Lipinski definition) is 4. The summed E-state index contributed by atoms with van der Waals surface area (Å²) in [7, 11) is 0. The zero-order chi connectivity index (χ0) is 13.5. The van der Waals surface area contributed by atoms with Crippen molar-refractivity contribution in [3.05, 3.63) is 35.9 Å². The molecule has 0 saturated heterocycles. The normalized spacial score (nSPS) is 12.4. The van der Waals surface area contributed by atoms with Crippen LogP contribution in [0.15, 0.2) is 30.3 Å². The highest BCUT2D eigenvalue weighted by molar-refractivity contribution is 7.99. The number of hydrogen-bond donors (Lipinski definition) is 1. The molecule has 0 fully saturated rings. The fourth-order valence-corrected chi connectivity index (χ4v) is 3.25. The van der Waals surface area contributed by atoms with Crippen LogP contribution in [0.1, 0.15) is 24.7 Å². The molecule has 0 bridgehead atoms. The Bertz CT molecular complexity index is 392. The molecule has 98 valence electrons. The van der Waals surface area contributed by atoms with Gasteiger partial charge in [-0.2, -0.15) is 11.8 Å². The molecule has 18 heavy (non-hydrogen) atoms. The highest BCUT2D eigenvalue weighted by Gasteiger charge is 2.30. The Labute approximate surface area is 112 Å². The summed E-state index contributed by atoms with van der Waals surface area (Å²) in [5.41, 5.74) is 6.52. The number of rotatable bonds is 7. The first-order valence-electron chi connectivity index (χ1n) is 5.95. The summed E-state index contributed by atoms with van der Waals surface area (Å²) in [6.07, 6.45) is 0. The molecular formula is C14H19NO2S. The Hall–Kier alpha value is -1.13. The summed E-state index contributed by atoms with van der Waals surface area (Å²) in [6, 6.07) is 9.66. The first-order valence-corrected chi connectivity index (χ1v) is 7.00. The number of Topliss-reactive ketones (excluding diaryl/α,β-unsaturated/α-hetero) is 2. The molecule has 1 atom stereocenters. The van der Waals surface area contributed by atoms with Crippen LogP contribution in [0, 0.1) is 5.92 Å². The van der Waals surface area contributed by atoms with Gasteiger partial charge in [0.25, 0.3) is 0 Å². The van der Waals surface area contributed by atoms with Crippen molar-refractivity contribution >= 4 is 23.3 Å². The topological polar surface area (TPSA) is 60.2 Å². The summed E-state index contributed by atoms with van der Waals surface area (Å²) in [5.74, 6) is -0.0120. The minimum absolute atomic E-state index is 0.0825. The molecule has 1 aromatic rings. The standard InChI is InChI=1S/C14H19NO2S/c1-10(16)13(11(2)17)14(18-9-8-15)12-6-4-3-5-7-12/h3-7,13-14H,8-9,15H2,1-2H3. The number of carbonyl (C=O) groups is 2. The lowest BCUT2D eigenvalue weighted by molar-refractivity contribution is -0.130. The molecule has 0 amide bonds. The Balaban J connectivity index is 3.03. The third kappa shape index (κ3) is 3.96. The lowest BCUT2D eigenvalue weighted by Gasteiger charge is -2.23. The molecule has 1 unspecified atom stereocenters. The molecule has 2 N–H and O–H groups in total. The van der Waals surface area contributed by atoms with Crippen LogP contribution in [0.25, 0.3) is 0 Å². The number of carbonyl (C=O) groups excluding carboxylic acids is 2. The zero-order valence-electron chi connectivity index (χ0n) is 10.8. The SMILES string of the molecule is CC(=O)C(C(C)=O)C(SCCN)c1ccccc1. The second kappa shape index (κ2) is 7.34. The fraction of sp³-hybridized carbons (Fsp3) is 0.429. The van der Waals surface area contributed by atoms with E-state index in [1.807, 2.05) is 30.3 Å². The maximum Gasteiger partial charge on any atom is 0.141 e. The molecular weight excluding hydrogens is 246 g/mol. The minimum atomic E-state index is -0.580. The average molecular weight is 265 g/mol. The van der Waals surface area contributed by atoms with Crippen LogP contribution in [-0.4, -0.2) is 23.9 Å². The molecule has 0 radical (unpaired) electrons. The van der Waals surface area contributed by atoms with Gasteiger partial charge in [-0.3, -0.25) is 9.59 Å². The predicted molar refractivity (Wildman–Crippen MR) is 75.5 cm³/mol. The summed E-state index contributed by atoms with van der Waals surface area (Å²) in [5, 5.41) is -0.134. The smallest absolute Gasteiger partial charge is 0.141 e. The van der Waals surface area contributed by atoms with Crippen LogP contribution < -0.4 is 5.73 Å². The van der Waals surface area contributed by atoms with E-state index in [4.69, 9.17) is 5.73 Å². The van der Waals surface area contributed by atoms with E-state index in [0.29, 0.717) is 6.54 Å². The Morgan fingerprint density at radius 2 is 1.72 bits per heavy atom. The van der Waals surface area contributed by atoms with Crippen LogP contribution >= 0.6 is 11.8 Å². The van der Waals surface area contributed by atoms with Gasteiger partial charge in [0, 0.05) is 17.5 Å². The van der Waals surface area contributed by atoms with Gasteiger partial charge in [0.15, 0.2) is 0 Å². The molecule has 0 aliphatic rings. The van der Waals surface area contributed by atoms with Crippen molar-refractivity contribution in [2.75, 3.05) is 12.3 Å². The van der Waals surface area contributed by atoms with E-state index < -0.39 is 5.92 Å². The Morgan fingerprint density at radius 3 is 2.17 bits per heavy atom. The van der Waals surface area contributed by atoms with Gasteiger partial charge >= 0.3 is 0 Å². The van der Waals surface area contributed by atoms with Gasteiger partial charge in [-0.15, -0.1) is 0 Å². The van der Waals surface area contributed by atoms with Crippen molar-refractivity contribution in [3.8, 4) is 0 Å². The molecule has 0 heterocycles. The Morgan fingerprint density at radius 1 is 1.17 bits per heavy atom. The van der Waals surface area contributed by atoms with Crippen molar-refractivity contribution in [1.29, 1.82) is 0 Å². The highest BCUT2D eigenvalue weighted by atomic mass is 32.2. The van der Waals surface area contributed by atoms with Crippen LogP contribution in [0.2, 0.25) is 0 Å². The lowest BCUT2D eigenvalue weighted by atomic mass is 9.92. The molecule has 0 aliphatic heterocycles. The van der Waals surface area contributed by atoms with Gasteiger partial charge in [-0.1, -0.05) is 30.3 Å². The van der Waals surface area contributed by atoms with Crippen molar-refractivity contribution in [1.82, 2.24) is 0 Å². The lowest BCUT2D eigenvalue weighted by Crippen LogP contribution is -2.26. The van der Waals surface area contributed by atoms with E-state index in [2.05, 4.69) is 0 Å². The van der Waals surface area contributed by atoms with E-state index in [1.165, 1.54) is 13.8 Å². The van der Waals surface area contributed by atoms with Crippen molar-refractivity contribution in [2.45, 2.75) is 19.1 Å². The minimum Gasteiger partial charge on any atom is -0.330 e. The number of benzene rings is 1. The third-order valence-corrected chi connectivity index (χ3v) is 4.10. The second-order valence-corrected chi connectivity index (χ2v) is 5.44. The summed E-state index contributed by atoms with van der Waals surface area (Å²) >= 11 is 1.57. The number of nitrogens with two attached hydrogens (primary N) is 1. The third-order valence-electron chi connectivity index (χ3n) is 2.72. The Kier molecular flexibility index (Phi) is 6.09. The molecule has 0 saturated carbocycles. The zero-order valence-corrected chi connectivity index (χ0v) is 11.6. The first-order chi connectivity index (χ1) is 8.57. The van der Waals surface area contributed by atoms with E-state index in [-0.39, 0.29) is 16.8 Å². The van der Waals surface area contributed by atoms with E-state index in [9.17, 15) is 9.59 Å². The van der Waals surface area contributed by atoms with E-state index in [0.717, 1.165) is 11.3 Å². The van der Waals surface area contributed by atoms with Crippen molar-refractivity contribution in [3.63, 3.8) is 0 Å². The van der Waals surface area contributed by atoms with Crippen LogP contribution in [-0.2, 0) is 9.59 Å². The summed E-state index contributed by atoms with van der Waals surface area (Å²) in [6.45, 7) is 3.49. The second-order valence-electron chi connectivity index (χ2n) is 4.19. The van der Waals surface area contributed by atoms with Crippen LogP contribution in [0.5, 0.6) is 0 Å². The molecule has 0 aliphatic carbocycles. The van der Waals surface area contributed by atoms with Gasteiger partial charge in [0.05, 0.1) is 5.92 Å². The van der Waals surface area contributed by atoms with Gasteiger partial charge < -0.3 is 5.73 Å². The van der Waals surface area contributed by atoms with E-state index >= 15 is 0 Å². The number of thioether (sulfide) groups is 1. The van der Waals surface area contributed by atoms with Gasteiger partial charge in [0.1, 0.15) is 11.6 Å². The molecule has 0 aromatic heterocycles. The van der Waals surface area contributed by atoms with Gasteiger partial charge in [-0.25, -0.2) is 0 Å². The molecule has 0 spiro atoms. The highest BCUT2D eigenvalue weighted by Crippen LogP contribution is 2.36. The van der Waals surface area contributed by atoms with Gasteiger partial charge in [0.2, 0.25) is 0 Å². The molecule has 1 aromatic carbocycles. The predicted octanol–water partition coefficient (Wildman–Crippen LogP) is 2.21. The molecule has 3 nitrogen and oxygen atoms in total. The first kappa shape index (κ1) is 14.9. The number of ketones is 2. The summed E-state index contributed by atoms with van der Waals surface area (Å²) < 4.78 is 0. The van der Waals surface area contributed by atoms with Crippen LogP contribution in [0.3, 0.4) is 0 Å². The maximum atomic E-state index is 11.7. The van der Waals surface area contributed by atoms with Crippen LogP contribution in [0.4, 0.5) is 0 Å². The van der Waals surface area contributed by atoms with E-state index in [1.54, 1.807) is 11.8 Å². The van der Waals surface area contributed by atoms with Gasteiger partial charge in [-0.05, 0) is 19.4 Å². The molecule has 4 heteroatoms. The average Bonchev–Trinajstić information content (AvgIpc) is 2.34. The maximum absolute atomic E-state index is 11.7. The summed E-state index contributed by atoms with van der Waals surface area (Å²) in [4.78, 5) is 23.4. The fourth-order valence-electron chi connectivity index (χ4n) is 1.94. The largest absolute Gasteiger partial charge is 0.330 e. The van der Waals surface area contributed by atoms with Crippen molar-refractivity contribution < 1.29 is 9.59 Å². The molecule has 1 rings (SSSR count). The van der Waals surface area contributed by atoms with Crippen molar-refractivity contribution in [2.24, 2.45) is 11.7 Å². The monoisotopic (exact) mass is 265 g/mol.